The Kier molecular flexibility index (Phi) is 12.9. The molecule has 33 heavy (non-hydrogen) atoms. The van der Waals surface area contributed by atoms with Gasteiger partial charge in [0.05, 0.1) is 22.1 Å². The van der Waals surface area contributed by atoms with Gasteiger partial charge in [-0.05, 0) is 42.9 Å². The highest BCUT2D eigenvalue weighted by molar-refractivity contribution is 8.00. The molecular formula is C27H41N3O2S. The number of rotatable bonds is 16. The van der Waals surface area contributed by atoms with E-state index in [0.717, 1.165) is 35.9 Å². The fourth-order valence-corrected chi connectivity index (χ4v) is 5.14. The molecule has 0 radical (unpaired) electrons. The van der Waals surface area contributed by atoms with Crippen LogP contribution in [0.2, 0.25) is 0 Å². The van der Waals surface area contributed by atoms with Crippen LogP contribution >= 0.6 is 11.8 Å². The second-order valence-electron chi connectivity index (χ2n) is 8.71. The summed E-state index contributed by atoms with van der Waals surface area (Å²) in [6.07, 6.45) is 14.7. The minimum absolute atomic E-state index is 0.0204. The van der Waals surface area contributed by atoms with E-state index in [9.17, 15) is 9.59 Å². The molecule has 2 rings (SSSR count). The number of unbranched alkanes of at least 4 members (excludes halogenated alkanes) is 8. The van der Waals surface area contributed by atoms with Crippen molar-refractivity contribution in [2.24, 2.45) is 0 Å². The van der Waals surface area contributed by atoms with Crippen LogP contribution in [0.3, 0.4) is 0 Å². The van der Waals surface area contributed by atoms with Gasteiger partial charge in [-0.25, -0.2) is 0 Å². The third-order valence-corrected chi connectivity index (χ3v) is 7.15. The van der Waals surface area contributed by atoms with Crippen molar-refractivity contribution >= 4 is 45.9 Å². The van der Waals surface area contributed by atoms with Crippen molar-refractivity contribution in [1.29, 1.82) is 0 Å². The van der Waals surface area contributed by atoms with E-state index < -0.39 is 0 Å². The molecule has 2 N–H and O–H groups in total. The van der Waals surface area contributed by atoms with E-state index in [1.54, 1.807) is 18.0 Å². The topological polar surface area (TPSA) is 71.1 Å². The van der Waals surface area contributed by atoms with Crippen molar-refractivity contribution in [1.82, 2.24) is 4.98 Å². The molecule has 2 amide bonds. The van der Waals surface area contributed by atoms with E-state index in [1.807, 2.05) is 24.3 Å². The van der Waals surface area contributed by atoms with Gasteiger partial charge in [0.2, 0.25) is 11.8 Å². The van der Waals surface area contributed by atoms with E-state index in [4.69, 9.17) is 0 Å². The first-order chi connectivity index (χ1) is 16.1. The molecule has 0 saturated heterocycles. The molecule has 182 valence electrons. The number of carbonyl (C=O) groups excluding carboxylic acids is 2. The zero-order chi connectivity index (χ0) is 23.9. The lowest BCUT2D eigenvalue weighted by Gasteiger charge is -2.19. The van der Waals surface area contributed by atoms with E-state index in [0.29, 0.717) is 11.4 Å². The molecule has 1 unspecified atom stereocenters. The van der Waals surface area contributed by atoms with Gasteiger partial charge >= 0.3 is 0 Å². The first-order valence-electron chi connectivity index (χ1n) is 12.6. The van der Waals surface area contributed by atoms with Crippen LogP contribution in [0, 0.1) is 0 Å². The number of nitrogens with zero attached hydrogens (tertiary/aromatic N) is 1. The zero-order valence-electron chi connectivity index (χ0n) is 20.6. The molecule has 1 aromatic carbocycles. The van der Waals surface area contributed by atoms with Crippen LogP contribution in [0.5, 0.6) is 0 Å². The number of benzene rings is 1. The second kappa shape index (κ2) is 15.7. The number of hydrogen-bond acceptors (Lipinski definition) is 4. The Morgan fingerprint density at radius 3 is 2.33 bits per heavy atom. The Morgan fingerprint density at radius 1 is 0.909 bits per heavy atom. The van der Waals surface area contributed by atoms with E-state index in [2.05, 4.69) is 29.5 Å². The van der Waals surface area contributed by atoms with Crippen LogP contribution in [-0.2, 0) is 9.59 Å². The van der Waals surface area contributed by atoms with E-state index in [-0.39, 0.29) is 17.1 Å². The van der Waals surface area contributed by atoms with Crippen molar-refractivity contribution < 1.29 is 9.59 Å². The number of nitrogens with one attached hydrogen (secondary N) is 2. The molecule has 1 atom stereocenters. The molecule has 0 aliphatic heterocycles. The summed E-state index contributed by atoms with van der Waals surface area (Å²) in [5, 5.41) is 6.77. The van der Waals surface area contributed by atoms with Gasteiger partial charge in [0.1, 0.15) is 0 Å². The third-order valence-electron chi connectivity index (χ3n) is 5.77. The maximum absolute atomic E-state index is 13.4. The molecule has 0 aliphatic carbocycles. The smallest absolute Gasteiger partial charge is 0.237 e. The average molecular weight is 472 g/mol. The summed E-state index contributed by atoms with van der Waals surface area (Å²) >= 11 is 1.78. The molecule has 2 aromatic rings. The first-order valence-corrected chi connectivity index (χ1v) is 13.7. The first kappa shape index (κ1) is 27.2. The molecule has 0 bridgehead atoms. The van der Waals surface area contributed by atoms with Crippen molar-refractivity contribution in [3.05, 3.63) is 30.5 Å². The van der Waals surface area contributed by atoms with Gasteiger partial charge in [-0.3, -0.25) is 14.6 Å². The van der Waals surface area contributed by atoms with Crippen LogP contribution in [0.15, 0.2) is 30.5 Å². The molecule has 6 heteroatoms. The Labute approximate surface area is 203 Å². The van der Waals surface area contributed by atoms with Crippen molar-refractivity contribution in [3.8, 4) is 0 Å². The fourth-order valence-electron chi connectivity index (χ4n) is 3.94. The highest BCUT2D eigenvalue weighted by atomic mass is 32.2. The molecule has 0 saturated carbocycles. The van der Waals surface area contributed by atoms with Crippen LogP contribution in [0.25, 0.3) is 10.9 Å². The predicted molar refractivity (Wildman–Crippen MR) is 143 cm³/mol. The molecular weight excluding hydrogens is 430 g/mol. The highest BCUT2D eigenvalue weighted by Gasteiger charge is 2.21. The summed E-state index contributed by atoms with van der Waals surface area (Å²) in [4.78, 5) is 29.6. The number of pyridine rings is 1. The second-order valence-corrected chi connectivity index (χ2v) is 10.0. The normalized spacial score (nSPS) is 12.0. The van der Waals surface area contributed by atoms with Crippen LogP contribution in [0.1, 0.15) is 91.4 Å². The number of anilines is 2. The summed E-state index contributed by atoms with van der Waals surface area (Å²) in [6, 6.07) is 7.47. The number of aromatic nitrogens is 1. The fraction of sp³-hybridized carbons (Fsp3) is 0.593. The molecule has 5 nitrogen and oxygen atoms in total. The quantitative estimate of drug-likeness (QED) is 0.248. The summed E-state index contributed by atoms with van der Waals surface area (Å²) in [5.74, 6) is 0.860. The van der Waals surface area contributed by atoms with Gasteiger partial charge in [-0.2, -0.15) is 0 Å². The number of amides is 2. The number of fused-ring (bicyclic) bond motifs is 1. The van der Waals surface area contributed by atoms with Gasteiger partial charge in [-0.1, -0.05) is 71.6 Å². The largest absolute Gasteiger partial charge is 0.325 e. The van der Waals surface area contributed by atoms with Crippen molar-refractivity contribution in [2.75, 3.05) is 16.4 Å². The Bertz CT molecular complexity index is 872. The Hall–Kier alpha value is -2.08. The summed E-state index contributed by atoms with van der Waals surface area (Å²) in [7, 11) is 0. The van der Waals surface area contributed by atoms with Crippen LogP contribution in [-0.4, -0.2) is 27.8 Å². The Balaban J connectivity index is 2.11. The van der Waals surface area contributed by atoms with E-state index in [1.165, 1.54) is 58.3 Å². The lowest BCUT2D eigenvalue weighted by Crippen LogP contribution is -2.26. The Morgan fingerprint density at radius 2 is 1.61 bits per heavy atom. The lowest BCUT2D eigenvalue weighted by atomic mass is 10.1. The summed E-state index contributed by atoms with van der Waals surface area (Å²) in [6.45, 7) is 5.92. The number of hydrogen-bond donors (Lipinski definition) is 2. The summed E-state index contributed by atoms with van der Waals surface area (Å²) < 4.78 is 0. The predicted octanol–water partition coefficient (Wildman–Crippen LogP) is 7.56. The molecule has 1 aromatic heterocycles. The molecule has 0 spiro atoms. The molecule has 1 heterocycles. The average Bonchev–Trinajstić information content (AvgIpc) is 2.80. The van der Waals surface area contributed by atoms with Gasteiger partial charge in [-0.15, -0.1) is 11.8 Å². The SMILES string of the molecule is CCCCCCCCC(SCCCCCC)C(=O)Nc1c(NC(C)=O)ccc2ncccc12. The van der Waals surface area contributed by atoms with Gasteiger partial charge in [0.15, 0.2) is 0 Å². The maximum atomic E-state index is 13.4. The van der Waals surface area contributed by atoms with Gasteiger partial charge in [0.25, 0.3) is 0 Å². The highest BCUT2D eigenvalue weighted by Crippen LogP contribution is 2.32. The number of thioether (sulfide) groups is 1. The molecule has 0 fully saturated rings. The van der Waals surface area contributed by atoms with Crippen molar-refractivity contribution in [2.45, 2.75) is 96.7 Å². The van der Waals surface area contributed by atoms with Crippen LogP contribution in [0.4, 0.5) is 11.4 Å². The minimum Gasteiger partial charge on any atom is -0.325 e. The monoisotopic (exact) mass is 471 g/mol. The maximum Gasteiger partial charge on any atom is 0.237 e. The standard InChI is InChI=1S/C27H41N3O2S/c1-4-6-8-10-11-12-16-25(33-20-13-9-7-5-2)27(32)30-26-22-15-14-19-28-23(22)17-18-24(26)29-21(3)31/h14-15,17-19,25H,4-13,16,20H2,1-3H3,(H,29,31)(H,30,32). The molecule has 0 aliphatic rings. The van der Waals surface area contributed by atoms with Crippen molar-refractivity contribution in [3.63, 3.8) is 0 Å². The third kappa shape index (κ3) is 9.75. The van der Waals surface area contributed by atoms with Crippen LogP contribution < -0.4 is 10.6 Å². The lowest BCUT2D eigenvalue weighted by molar-refractivity contribution is -0.116. The zero-order valence-corrected chi connectivity index (χ0v) is 21.4. The van der Waals surface area contributed by atoms with E-state index >= 15 is 0 Å². The van der Waals surface area contributed by atoms with Gasteiger partial charge < -0.3 is 10.6 Å². The van der Waals surface area contributed by atoms with Gasteiger partial charge in [0, 0.05) is 18.5 Å². The minimum atomic E-state index is -0.164. The summed E-state index contributed by atoms with van der Waals surface area (Å²) in [5.41, 5.74) is 2.05. The number of carbonyl (C=O) groups is 2.